The molecule has 0 radical (unpaired) electrons. The highest BCUT2D eigenvalue weighted by atomic mass is 16.5. The molecule has 4 atom stereocenters. The normalized spacial score (nSPS) is 23.0. The first-order valence-electron chi connectivity index (χ1n) is 14.8. The summed E-state index contributed by atoms with van der Waals surface area (Å²) in [5.74, 6) is -1.06. The van der Waals surface area contributed by atoms with Crippen molar-refractivity contribution in [2.24, 2.45) is 5.92 Å². The average molecular weight is 569 g/mol. The number of nitrogens with one attached hydrogen (secondary N) is 1. The first-order chi connectivity index (χ1) is 21.0. The SMILES string of the molecule is CCCc1ccc(C(=O)C2C(C(=O)c3ccc(OC)cc3)N3C=Cc4ccccc4C3C23C(=O)Nc2ccccc23)cc1. The predicted octanol–water partition coefficient (Wildman–Crippen LogP) is 6.63. The quantitative estimate of drug-likeness (QED) is 0.253. The molecule has 1 saturated heterocycles. The zero-order chi connectivity index (χ0) is 29.7. The van der Waals surface area contributed by atoms with E-state index in [2.05, 4.69) is 12.2 Å². The fourth-order valence-corrected chi connectivity index (χ4v) is 7.40. The molecule has 1 N–H and O–H groups in total. The molecule has 0 bridgehead atoms. The molecule has 0 aliphatic carbocycles. The number of Topliss-reactive ketones (excluding diaryl/α,β-unsaturated/α-hetero) is 2. The number of para-hydroxylation sites is 1. The molecule has 1 spiro atoms. The molecule has 43 heavy (non-hydrogen) atoms. The third-order valence-electron chi connectivity index (χ3n) is 9.27. The maximum atomic E-state index is 14.9. The van der Waals surface area contributed by atoms with Crippen molar-refractivity contribution in [3.63, 3.8) is 0 Å². The number of amides is 1. The van der Waals surface area contributed by atoms with Crippen molar-refractivity contribution in [2.75, 3.05) is 12.4 Å². The highest BCUT2D eigenvalue weighted by Crippen LogP contribution is 2.62. The molecule has 3 aliphatic heterocycles. The second-order valence-electron chi connectivity index (χ2n) is 11.5. The lowest BCUT2D eigenvalue weighted by Gasteiger charge is -2.38. The Balaban J connectivity index is 1.48. The van der Waals surface area contributed by atoms with Crippen LogP contribution in [0.25, 0.3) is 6.08 Å². The van der Waals surface area contributed by atoms with E-state index in [-0.39, 0.29) is 17.5 Å². The van der Waals surface area contributed by atoms with Crippen LogP contribution in [0.2, 0.25) is 0 Å². The molecule has 214 valence electrons. The molecule has 4 aromatic carbocycles. The van der Waals surface area contributed by atoms with Crippen molar-refractivity contribution in [2.45, 2.75) is 37.3 Å². The Labute approximate surface area is 251 Å². The number of carbonyl (C=O) groups excluding carboxylic acids is 3. The van der Waals surface area contributed by atoms with Gasteiger partial charge in [-0.3, -0.25) is 14.4 Å². The lowest BCUT2D eigenvalue weighted by atomic mass is 9.62. The number of hydrogen-bond acceptors (Lipinski definition) is 5. The summed E-state index contributed by atoms with van der Waals surface area (Å²) in [6.45, 7) is 2.12. The maximum Gasteiger partial charge on any atom is 0.238 e. The van der Waals surface area contributed by atoms with Gasteiger partial charge in [0.2, 0.25) is 5.91 Å². The van der Waals surface area contributed by atoms with E-state index in [1.54, 1.807) is 31.4 Å². The smallest absolute Gasteiger partial charge is 0.238 e. The molecule has 4 aromatic rings. The zero-order valence-electron chi connectivity index (χ0n) is 24.1. The molecule has 4 unspecified atom stereocenters. The molecular weight excluding hydrogens is 536 g/mol. The summed E-state index contributed by atoms with van der Waals surface area (Å²) in [5, 5.41) is 3.10. The fourth-order valence-electron chi connectivity index (χ4n) is 7.40. The standard InChI is InChI=1S/C37H32N2O4/c1-3-8-23-13-15-25(16-14-23)33(40)31-32(34(41)26-17-19-27(43-2)20-18-26)39-22-21-24-9-4-5-10-28(24)35(39)37(31)29-11-6-7-12-30(29)38-36(37)42/h4-7,9-22,31-32,35H,3,8H2,1-2H3,(H,38,42). The highest BCUT2D eigenvalue weighted by Gasteiger charge is 2.70. The van der Waals surface area contributed by atoms with Crippen LogP contribution in [-0.2, 0) is 16.6 Å². The minimum absolute atomic E-state index is 0.216. The minimum Gasteiger partial charge on any atom is -0.497 e. The number of fused-ring (bicyclic) bond motifs is 6. The number of carbonyl (C=O) groups is 3. The van der Waals surface area contributed by atoms with Crippen LogP contribution in [0.4, 0.5) is 5.69 Å². The first-order valence-corrected chi connectivity index (χ1v) is 14.8. The van der Waals surface area contributed by atoms with Crippen LogP contribution in [0.3, 0.4) is 0 Å². The van der Waals surface area contributed by atoms with Crippen molar-refractivity contribution >= 4 is 29.2 Å². The van der Waals surface area contributed by atoms with Gasteiger partial charge in [0.05, 0.1) is 19.1 Å². The van der Waals surface area contributed by atoms with Gasteiger partial charge >= 0.3 is 0 Å². The van der Waals surface area contributed by atoms with Crippen molar-refractivity contribution < 1.29 is 19.1 Å². The number of hydrogen-bond donors (Lipinski definition) is 1. The van der Waals surface area contributed by atoms with E-state index in [0.29, 0.717) is 22.6 Å². The van der Waals surface area contributed by atoms with Crippen LogP contribution in [0, 0.1) is 5.92 Å². The molecule has 7 rings (SSSR count). The number of ether oxygens (including phenoxy) is 1. The molecule has 1 amide bonds. The van der Waals surface area contributed by atoms with E-state index < -0.39 is 23.4 Å². The molecular formula is C37H32N2O4. The van der Waals surface area contributed by atoms with Crippen LogP contribution >= 0.6 is 0 Å². The van der Waals surface area contributed by atoms with E-state index in [4.69, 9.17) is 4.74 Å². The number of nitrogens with zero attached hydrogens (tertiary/aromatic N) is 1. The van der Waals surface area contributed by atoms with E-state index in [1.165, 1.54) is 0 Å². The van der Waals surface area contributed by atoms with Gasteiger partial charge in [-0.15, -0.1) is 0 Å². The van der Waals surface area contributed by atoms with Crippen molar-refractivity contribution in [3.05, 3.63) is 137 Å². The van der Waals surface area contributed by atoms with Crippen LogP contribution in [-0.4, -0.2) is 35.5 Å². The average Bonchev–Trinajstić information content (AvgIpc) is 3.53. The van der Waals surface area contributed by atoms with Gasteiger partial charge in [-0.25, -0.2) is 0 Å². The Bertz CT molecular complexity index is 1780. The predicted molar refractivity (Wildman–Crippen MR) is 166 cm³/mol. The maximum absolute atomic E-state index is 14.9. The Hall–Kier alpha value is -4.97. The van der Waals surface area contributed by atoms with Gasteiger partial charge in [0, 0.05) is 23.0 Å². The summed E-state index contributed by atoms with van der Waals surface area (Å²) in [5.41, 5.74) is 4.04. The van der Waals surface area contributed by atoms with Gasteiger partial charge in [-0.2, -0.15) is 0 Å². The van der Waals surface area contributed by atoms with Gasteiger partial charge in [-0.05, 0) is 65.1 Å². The van der Waals surface area contributed by atoms with Crippen molar-refractivity contribution in [3.8, 4) is 5.75 Å². The first kappa shape index (κ1) is 26.9. The third kappa shape index (κ3) is 3.97. The number of methoxy groups -OCH3 is 1. The van der Waals surface area contributed by atoms with Crippen LogP contribution < -0.4 is 10.1 Å². The van der Waals surface area contributed by atoms with E-state index in [1.807, 2.05) is 90.0 Å². The van der Waals surface area contributed by atoms with Gasteiger partial charge < -0.3 is 15.0 Å². The van der Waals surface area contributed by atoms with Gasteiger partial charge in [0.15, 0.2) is 11.6 Å². The van der Waals surface area contributed by atoms with Crippen molar-refractivity contribution in [1.29, 1.82) is 0 Å². The Morgan fingerprint density at radius 2 is 1.53 bits per heavy atom. The second-order valence-corrected chi connectivity index (χ2v) is 11.5. The Kier molecular flexibility index (Phi) is 6.50. The van der Waals surface area contributed by atoms with Crippen LogP contribution in [0.1, 0.15) is 62.4 Å². The number of aryl methyl sites for hydroxylation is 1. The summed E-state index contributed by atoms with van der Waals surface area (Å²) in [6.07, 6.45) is 5.77. The van der Waals surface area contributed by atoms with Crippen LogP contribution in [0.5, 0.6) is 5.75 Å². The summed E-state index contributed by atoms with van der Waals surface area (Å²) in [6, 6.07) is 28.6. The summed E-state index contributed by atoms with van der Waals surface area (Å²) in [7, 11) is 1.58. The number of ketones is 2. The highest BCUT2D eigenvalue weighted by molar-refractivity contribution is 6.16. The third-order valence-corrected chi connectivity index (χ3v) is 9.27. The number of benzene rings is 4. The fraction of sp³-hybridized carbons (Fsp3) is 0.216. The van der Waals surface area contributed by atoms with Gasteiger partial charge in [0.1, 0.15) is 17.2 Å². The van der Waals surface area contributed by atoms with E-state index in [9.17, 15) is 14.4 Å². The summed E-state index contributed by atoms with van der Waals surface area (Å²) < 4.78 is 5.33. The Morgan fingerprint density at radius 3 is 2.28 bits per heavy atom. The molecule has 1 fully saturated rings. The van der Waals surface area contributed by atoms with E-state index in [0.717, 1.165) is 35.1 Å². The lowest BCUT2D eigenvalue weighted by Crippen LogP contribution is -2.49. The molecule has 3 heterocycles. The van der Waals surface area contributed by atoms with E-state index >= 15 is 0 Å². The number of rotatable bonds is 7. The molecule has 0 aromatic heterocycles. The molecule has 6 nitrogen and oxygen atoms in total. The molecule has 3 aliphatic rings. The lowest BCUT2D eigenvalue weighted by molar-refractivity contribution is -0.122. The second kappa shape index (κ2) is 10.4. The topological polar surface area (TPSA) is 75.7 Å². The van der Waals surface area contributed by atoms with Crippen LogP contribution in [0.15, 0.2) is 103 Å². The molecule has 6 heteroatoms. The van der Waals surface area contributed by atoms with Gasteiger partial charge in [0.25, 0.3) is 0 Å². The Morgan fingerprint density at radius 1 is 0.860 bits per heavy atom. The largest absolute Gasteiger partial charge is 0.497 e. The summed E-state index contributed by atoms with van der Waals surface area (Å²) >= 11 is 0. The monoisotopic (exact) mass is 568 g/mol. The summed E-state index contributed by atoms with van der Waals surface area (Å²) in [4.78, 5) is 46.1. The zero-order valence-corrected chi connectivity index (χ0v) is 24.1. The molecule has 0 saturated carbocycles. The van der Waals surface area contributed by atoms with Crippen molar-refractivity contribution in [1.82, 2.24) is 4.90 Å². The number of anilines is 1. The minimum atomic E-state index is -1.34. The van der Waals surface area contributed by atoms with Gasteiger partial charge in [-0.1, -0.05) is 80.1 Å².